The summed E-state index contributed by atoms with van der Waals surface area (Å²) in [6.45, 7) is 6.13. The maximum absolute atomic E-state index is 12.4. The molecule has 4 fully saturated rings. The number of hydrogen-bond acceptors (Lipinski definition) is 3. The first-order valence-electron chi connectivity index (χ1n) is 9.22. The molecule has 128 valence electrons. The molecule has 1 N–H and O–H groups in total. The lowest BCUT2D eigenvalue weighted by Gasteiger charge is -2.32. The first-order chi connectivity index (χ1) is 11.5. The van der Waals surface area contributed by atoms with Crippen molar-refractivity contribution in [3.05, 3.63) is 28.8 Å². The zero-order chi connectivity index (χ0) is 16.6. The van der Waals surface area contributed by atoms with Crippen molar-refractivity contribution >= 4 is 11.8 Å². The number of anilines is 1. The SMILES string of the molecule is Cc1cc(C)c(NC(=O)O[C@@H]2C[C@@H]3C[C@@H]2[C@H]2C[C@H]4O[C@@H]4[C@H]32)c(C)c1. The fourth-order valence-corrected chi connectivity index (χ4v) is 6.05. The van der Waals surface area contributed by atoms with E-state index in [1.165, 1.54) is 18.4 Å². The second kappa shape index (κ2) is 4.98. The number of nitrogens with one attached hydrogen (secondary N) is 1. The highest BCUT2D eigenvalue weighted by molar-refractivity contribution is 5.87. The molecule has 4 nitrogen and oxygen atoms in total. The summed E-state index contributed by atoms with van der Waals surface area (Å²) in [7, 11) is 0. The molecule has 0 unspecified atom stereocenters. The average molecular weight is 327 g/mol. The van der Waals surface area contributed by atoms with Crippen LogP contribution in [-0.2, 0) is 9.47 Å². The Balaban J connectivity index is 1.26. The normalized spacial score (nSPS) is 41.0. The van der Waals surface area contributed by atoms with E-state index in [4.69, 9.17) is 9.47 Å². The zero-order valence-electron chi connectivity index (χ0n) is 14.5. The molecule has 3 aliphatic carbocycles. The van der Waals surface area contributed by atoms with Crippen LogP contribution in [0.1, 0.15) is 36.0 Å². The number of carbonyl (C=O) groups excluding carboxylic acids is 1. The van der Waals surface area contributed by atoms with E-state index in [-0.39, 0.29) is 12.2 Å². The molecule has 1 heterocycles. The summed E-state index contributed by atoms with van der Waals surface area (Å²) in [6, 6.07) is 4.19. The third-order valence-electron chi connectivity index (χ3n) is 6.84. The minimum atomic E-state index is -0.293. The highest BCUT2D eigenvalue weighted by atomic mass is 16.6. The highest BCUT2D eigenvalue weighted by Gasteiger charge is 2.67. The summed E-state index contributed by atoms with van der Waals surface area (Å²) >= 11 is 0. The molecular formula is C20H25NO3. The van der Waals surface area contributed by atoms with E-state index in [0.717, 1.165) is 35.1 Å². The van der Waals surface area contributed by atoms with E-state index in [2.05, 4.69) is 24.4 Å². The van der Waals surface area contributed by atoms with Gasteiger partial charge >= 0.3 is 6.09 Å². The van der Waals surface area contributed by atoms with Gasteiger partial charge in [0.05, 0.1) is 12.2 Å². The number of ether oxygens (including phenoxy) is 2. The van der Waals surface area contributed by atoms with Crippen LogP contribution in [0.4, 0.5) is 10.5 Å². The molecule has 0 spiro atoms. The summed E-state index contributed by atoms with van der Waals surface area (Å²) < 4.78 is 11.6. The maximum atomic E-state index is 12.4. The summed E-state index contributed by atoms with van der Waals surface area (Å²) in [4.78, 5) is 12.4. The number of amides is 1. The molecule has 1 saturated heterocycles. The number of epoxide rings is 1. The van der Waals surface area contributed by atoms with Crippen molar-refractivity contribution in [1.29, 1.82) is 0 Å². The van der Waals surface area contributed by atoms with Crippen molar-refractivity contribution in [2.75, 3.05) is 5.32 Å². The van der Waals surface area contributed by atoms with Crippen LogP contribution in [0.5, 0.6) is 0 Å². The molecule has 7 atom stereocenters. The number of benzene rings is 1. The van der Waals surface area contributed by atoms with Crippen molar-refractivity contribution in [2.24, 2.45) is 23.7 Å². The van der Waals surface area contributed by atoms with Gasteiger partial charge in [-0.05, 0) is 74.8 Å². The lowest BCUT2D eigenvalue weighted by Crippen LogP contribution is -2.35. The molecule has 24 heavy (non-hydrogen) atoms. The van der Waals surface area contributed by atoms with E-state index in [0.29, 0.717) is 24.0 Å². The monoisotopic (exact) mass is 327 g/mol. The van der Waals surface area contributed by atoms with Gasteiger partial charge in [0.25, 0.3) is 0 Å². The quantitative estimate of drug-likeness (QED) is 0.836. The van der Waals surface area contributed by atoms with Crippen LogP contribution in [0.25, 0.3) is 0 Å². The Hall–Kier alpha value is -1.55. The Labute approximate surface area is 142 Å². The smallest absolute Gasteiger partial charge is 0.411 e. The summed E-state index contributed by atoms with van der Waals surface area (Å²) in [5.74, 6) is 2.75. The first kappa shape index (κ1) is 14.8. The Morgan fingerprint density at radius 3 is 2.62 bits per heavy atom. The standard InChI is InChI=1S/C20H25NO3/c1-9-4-10(2)18(11(3)5-9)21-20(22)24-15-7-12-6-13(15)14-8-16-19(23-16)17(12)14/h4-5,12-17,19H,6-8H2,1-3H3,(H,21,22)/t12-,13+,14+,15+,16+,17+,19-/m0/s1. The minimum absolute atomic E-state index is 0.0970. The van der Waals surface area contributed by atoms with E-state index in [1.807, 2.05) is 13.8 Å². The highest BCUT2D eigenvalue weighted by Crippen LogP contribution is 2.64. The lowest BCUT2D eigenvalue weighted by atomic mass is 9.79. The lowest BCUT2D eigenvalue weighted by molar-refractivity contribution is 0.0251. The molecular weight excluding hydrogens is 302 g/mol. The van der Waals surface area contributed by atoms with Gasteiger partial charge in [-0.3, -0.25) is 5.32 Å². The molecule has 4 heteroatoms. The van der Waals surface area contributed by atoms with Crippen LogP contribution in [0.15, 0.2) is 12.1 Å². The molecule has 3 saturated carbocycles. The third kappa shape index (κ3) is 2.12. The summed E-state index contributed by atoms with van der Waals surface area (Å²) in [5, 5.41) is 2.98. The Morgan fingerprint density at radius 1 is 1.12 bits per heavy atom. The van der Waals surface area contributed by atoms with E-state index in [9.17, 15) is 4.79 Å². The minimum Gasteiger partial charge on any atom is -0.446 e. The molecule has 1 aliphatic heterocycles. The van der Waals surface area contributed by atoms with Gasteiger partial charge in [-0.25, -0.2) is 4.79 Å². The van der Waals surface area contributed by atoms with Gasteiger partial charge in [0, 0.05) is 5.69 Å². The molecule has 0 aromatic heterocycles. The number of hydrogen-bond donors (Lipinski definition) is 1. The van der Waals surface area contributed by atoms with Crippen LogP contribution >= 0.6 is 0 Å². The van der Waals surface area contributed by atoms with E-state index >= 15 is 0 Å². The van der Waals surface area contributed by atoms with Gasteiger partial charge in [-0.1, -0.05) is 17.7 Å². The largest absolute Gasteiger partial charge is 0.446 e. The number of fused-ring (bicyclic) bond motifs is 7. The second-order valence-electron chi connectivity index (χ2n) is 8.35. The summed E-state index contributed by atoms with van der Waals surface area (Å²) in [5.41, 5.74) is 4.28. The Bertz CT molecular complexity index is 692. The zero-order valence-corrected chi connectivity index (χ0v) is 14.5. The van der Waals surface area contributed by atoms with Crippen LogP contribution in [-0.4, -0.2) is 24.4 Å². The topological polar surface area (TPSA) is 50.9 Å². The molecule has 4 aliphatic rings. The van der Waals surface area contributed by atoms with Gasteiger partial charge in [0.2, 0.25) is 0 Å². The number of aryl methyl sites for hydroxylation is 3. The second-order valence-corrected chi connectivity index (χ2v) is 8.35. The van der Waals surface area contributed by atoms with E-state index < -0.39 is 0 Å². The Morgan fingerprint density at radius 2 is 1.88 bits per heavy atom. The van der Waals surface area contributed by atoms with Crippen molar-refractivity contribution in [3.8, 4) is 0 Å². The molecule has 1 aromatic carbocycles. The van der Waals surface area contributed by atoms with Gasteiger partial charge in [0.15, 0.2) is 0 Å². The fraction of sp³-hybridized carbons (Fsp3) is 0.650. The number of carbonyl (C=O) groups is 1. The fourth-order valence-electron chi connectivity index (χ4n) is 6.05. The van der Waals surface area contributed by atoms with Crippen LogP contribution < -0.4 is 5.32 Å². The van der Waals surface area contributed by atoms with Gasteiger partial charge in [-0.15, -0.1) is 0 Å². The first-order valence-corrected chi connectivity index (χ1v) is 9.22. The molecule has 0 radical (unpaired) electrons. The van der Waals surface area contributed by atoms with Gasteiger partial charge < -0.3 is 9.47 Å². The average Bonchev–Trinajstić information content (AvgIpc) is 2.88. The van der Waals surface area contributed by atoms with Gasteiger partial charge in [0.1, 0.15) is 6.10 Å². The van der Waals surface area contributed by atoms with Gasteiger partial charge in [-0.2, -0.15) is 0 Å². The van der Waals surface area contributed by atoms with Crippen molar-refractivity contribution < 1.29 is 14.3 Å². The number of rotatable bonds is 2. The molecule has 1 aromatic rings. The molecule has 5 rings (SSSR count). The predicted molar refractivity (Wildman–Crippen MR) is 91.0 cm³/mol. The predicted octanol–water partition coefficient (Wildman–Crippen LogP) is 3.97. The summed E-state index contributed by atoms with van der Waals surface area (Å²) in [6.07, 6.45) is 4.31. The van der Waals surface area contributed by atoms with Crippen molar-refractivity contribution in [1.82, 2.24) is 0 Å². The van der Waals surface area contributed by atoms with E-state index in [1.54, 1.807) is 0 Å². The Kier molecular flexibility index (Phi) is 3.06. The molecule has 2 bridgehead atoms. The van der Waals surface area contributed by atoms with Crippen LogP contribution in [0.2, 0.25) is 0 Å². The van der Waals surface area contributed by atoms with Crippen LogP contribution in [0.3, 0.4) is 0 Å². The third-order valence-corrected chi connectivity index (χ3v) is 6.84. The molecule has 1 amide bonds. The van der Waals surface area contributed by atoms with Crippen molar-refractivity contribution in [2.45, 2.75) is 58.3 Å². The van der Waals surface area contributed by atoms with Crippen molar-refractivity contribution in [3.63, 3.8) is 0 Å². The maximum Gasteiger partial charge on any atom is 0.411 e. The van der Waals surface area contributed by atoms with Crippen LogP contribution in [0, 0.1) is 44.4 Å².